The first kappa shape index (κ1) is 14.9. The Bertz CT molecular complexity index is 194. The summed E-state index contributed by atoms with van der Waals surface area (Å²) in [6.07, 6.45) is 5.85. The van der Waals surface area contributed by atoms with Crippen molar-refractivity contribution < 1.29 is 10.2 Å². The summed E-state index contributed by atoms with van der Waals surface area (Å²) in [6, 6.07) is 0. The SMILES string of the molecule is CCCN(CCO)CC1(CO)CCC(C)CC1. The molecule has 0 radical (unpaired) electrons. The highest BCUT2D eigenvalue weighted by atomic mass is 16.3. The molecule has 3 heteroatoms. The van der Waals surface area contributed by atoms with Crippen LogP contribution in [-0.2, 0) is 0 Å². The van der Waals surface area contributed by atoms with Gasteiger partial charge in [-0.1, -0.05) is 26.7 Å². The predicted octanol–water partition coefficient (Wildman–Crippen LogP) is 1.88. The highest BCUT2D eigenvalue weighted by Crippen LogP contribution is 2.39. The molecule has 1 aliphatic carbocycles. The topological polar surface area (TPSA) is 43.7 Å². The molecule has 0 spiro atoms. The third-order valence-electron chi connectivity index (χ3n) is 4.19. The van der Waals surface area contributed by atoms with Crippen molar-refractivity contribution in [2.24, 2.45) is 11.3 Å². The van der Waals surface area contributed by atoms with Gasteiger partial charge in [0.15, 0.2) is 0 Å². The van der Waals surface area contributed by atoms with Gasteiger partial charge in [0, 0.05) is 25.1 Å². The molecule has 3 nitrogen and oxygen atoms in total. The van der Waals surface area contributed by atoms with Gasteiger partial charge in [-0.05, 0) is 31.7 Å². The fourth-order valence-electron chi connectivity index (χ4n) is 2.94. The summed E-state index contributed by atoms with van der Waals surface area (Å²) >= 11 is 0. The van der Waals surface area contributed by atoms with Crippen LogP contribution in [-0.4, -0.2) is 48.0 Å². The Hall–Kier alpha value is -0.120. The molecule has 2 N–H and O–H groups in total. The van der Waals surface area contributed by atoms with Crippen molar-refractivity contribution in [1.29, 1.82) is 0 Å². The Morgan fingerprint density at radius 2 is 1.82 bits per heavy atom. The van der Waals surface area contributed by atoms with Crippen molar-refractivity contribution in [3.05, 3.63) is 0 Å². The molecule has 0 aliphatic heterocycles. The maximum Gasteiger partial charge on any atom is 0.0558 e. The second kappa shape index (κ2) is 7.34. The lowest BCUT2D eigenvalue weighted by Crippen LogP contribution is -2.43. The fourth-order valence-corrected chi connectivity index (χ4v) is 2.94. The number of rotatable bonds is 7. The minimum absolute atomic E-state index is 0.0941. The van der Waals surface area contributed by atoms with Crippen molar-refractivity contribution in [3.63, 3.8) is 0 Å². The zero-order valence-electron chi connectivity index (χ0n) is 11.5. The highest BCUT2D eigenvalue weighted by molar-refractivity contribution is 4.87. The van der Waals surface area contributed by atoms with Crippen molar-refractivity contribution in [2.75, 3.05) is 32.8 Å². The first-order valence-electron chi connectivity index (χ1n) is 7.10. The number of hydrogen-bond acceptors (Lipinski definition) is 3. The molecule has 0 atom stereocenters. The fraction of sp³-hybridized carbons (Fsp3) is 1.00. The molecule has 0 unspecified atom stereocenters. The maximum absolute atomic E-state index is 9.72. The molecule has 102 valence electrons. The van der Waals surface area contributed by atoms with Crippen LogP contribution >= 0.6 is 0 Å². The van der Waals surface area contributed by atoms with E-state index in [2.05, 4.69) is 18.7 Å². The van der Waals surface area contributed by atoms with Crippen LogP contribution in [0.3, 0.4) is 0 Å². The standard InChI is InChI=1S/C14H29NO2/c1-3-8-15(9-10-16)11-14(12-17)6-4-13(2)5-7-14/h13,16-17H,3-12H2,1-2H3. The molecule has 0 saturated heterocycles. The average Bonchev–Trinajstić information content (AvgIpc) is 2.33. The van der Waals surface area contributed by atoms with Crippen LogP contribution in [0.15, 0.2) is 0 Å². The normalized spacial score (nSPS) is 29.8. The van der Waals surface area contributed by atoms with Gasteiger partial charge >= 0.3 is 0 Å². The van der Waals surface area contributed by atoms with Crippen molar-refractivity contribution in [3.8, 4) is 0 Å². The molecule has 1 rings (SSSR count). The zero-order chi connectivity index (χ0) is 12.7. The lowest BCUT2D eigenvalue weighted by atomic mass is 9.71. The molecule has 0 heterocycles. The minimum atomic E-state index is 0.0941. The summed E-state index contributed by atoms with van der Waals surface area (Å²) in [5, 5.41) is 18.8. The van der Waals surface area contributed by atoms with E-state index in [0.717, 1.165) is 44.8 Å². The van der Waals surface area contributed by atoms with Gasteiger partial charge in [-0.25, -0.2) is 0 Å². The molecule has 0 amide bonds. The summed E-state index contributed by atoms with van der Waals surface area (Å²) < 4.78 is 0. The Morgan fingerprint density at radius 3 is 2.29 bits per heavy atom. The highest BCUT2D eigenvalue weighted by Gasteiger charge is 2.34. The van der Waals surface area contributed by atoms with E-state index in [0.29, 0.717) is 6.61 Å². The van der Waals surface area contributed by atoms with Crippen LogP contribution in [0.25, 0.3) is 0 Å². The first-order chi connectivity index (χ1) is 8.15. The lowest BCUT2D eigenvalue weighted by molar-refractivity contribution is 0.0246. The Labute approximate surface area is 106 Å². The van der Waals surface area contributed by atoms with Crippen LogP contribution in [0, 0.1) is 11.3 Å². The number of aliphatic hydroxyl groups excluding tert-OH is 2. The second-order valence-electron chi connectivity index (χ2n) is 5.84. The smallest absolute Gasteiger partial charge is 0.0558 e. The van der Waals surface area contributed by atoms with Crippen LogP contribution in [0.4, 0.5) is 0 Å². The van der Waals surface area contributed by atoms with Gasteiger partial charge < -0.3 is 15.1 Å². The van der Waals surface area contributed by atoms with E-state index in [1.54, 1.807) is 0 Å². The third-order valence-corrected chi connectivity index (χ3v) is 4.19. The third kappa shape index (κ3) is 4.57. The van der Waals surface area contributed by atoms with Gasteiger partial charge in [-0.3, -0.25) is 0 Å². The van der Waals surface area contributed by atoms with E-state index in [-0.39, 0.29) is 12.0 Å². The van der Waals surface area contributed by atoms with Crippen molar-refractivity contribution in [2.45, 2.75) is 46.0 Å². The van der Waals surface area contributed by atoms with Gasteiger partial charge in [0.1, 0.15) is 0 Å². The van der Waals surface area contributed by atoms with Gasteiger partial charge in [0.2, 0.25) is 0 Å². The van der Waals surface area contributed by atoms with Crippen molar-refractivity contribution >= 4 is 0 Å². The molecule has 17 heavy (non-hydrogen) atoms. The Kier molecular flexibility index (Phi) is 6.45. The molecular formula is C14H29NO2. The van der Waals surface area contributed by atoms with Gasteiger partial charge in [0.05, 0.1) is 6.61 Å². The molecule has 1 fully saturated rings. The van der Waals surface area contributed by atoms with Crippen molar-refractivity contribution in [1.82, 2.24) is 4.90 Å². The van der Waals surface area contributed by atoms with Crippen LogP contribution < -0.4 is 0 Å². The van der Waals surface area contributed by atoms with E-state index in [1.807, 2.05) is 0 Å². The lowest BCUT2D eigenvalue weighted by Gasteiger charge is -2.41. The van der Waals surface area contributed by atoms with E-state index in [4.69, 9.17) is 5.11 Å². The summed E-state index contributed by atoms with van der Waals surface area (Å²) in [7, 11) is 0. The quantitative estimate of drug-likeness (QED) is 0.717. The maximum atomic E-state index is 9.72. The summed E-state index contributed by atoms with van der Waals surface area (Å²) in [6.45, 7) is 7.70. The molecule has 0 aromatic rings. The number of hydrogen-bond donors (Lipinski definition) is 2. The first-order valence-corrected chi connectivity index (χ1v) is 7.10. The molecule has 0 aromatic carbocycles. The van der Waals surface area contributed by atoms with Crippen LogP contribution in [0.5, 0.6) is 0 Å². The Balaban J connectivity index is 2.53. The molecule has 0 aromatic heterocycles. The monoisotopic (exact) mass is 243 g/mol. The van der Waals surface area contributed by atoms with Crippen LogP contribution in [0.1, 0.15) is 46.0 Å². The van der Waals surface area contributed by atoms with E-state index < -0.39 is 0 Å². The second-order valence-corrected chi connectivity index (χ2v) is 5.84. The summed E-state index contributed by atoms with van der Waals surface area (Å²) in [4.78, 5) is 2.31. The minimum Gasteiger partial charge on any atom is -0.396 e. The summed E-state index contributed by atoms with van der Waals surface area (Å²) in [5.41, 5.74) is 0.0941. The molecule has 1 saturated carbocycles. The van der Waals surface area contributed by atoms with Gasteiger partial charge in [-0.2, -0.15) is 0 Å². The summed E-state index contributed by atoms with van der Waals surface area (Å²) in [5.74, 6) is 0.812. The van der Waals surface area contributed by atoms with Gasteiger partial charge in [-0.15, -0.1) is 0 Å². The number of nitrogens with zero attached hydrogens (tertiary/aromatic N) is 1. The molecule has 1 aliphatic rings. The van der Waals surface area contributed by atoms with E-state index in [1.165, 1.54) is 12.8 Å². The van der Waals surface area contributed by atoms with Gasteiger partial charge in [0.25, 0.3) is 0 Å². The molecular weight excluding hydrogens is 214 g/mol. The average molecular weight is 243 g/mol. The predicted molar refractivity (Wildman–Crippen MR) is 71.0 cm³/mol. The zero-order valence-corrected chi connectivity index (χ0v) is 11.5. The van der Waals surface area contributed by atoms with E-state index in [9.17, 15) is 5.11 Å². The number of aliphatic hydroxyl groups is 2. The largest absolute Gasteiger partial charge is 0.396 e. The molecule has 0 bridgehead atoms. The van der Waals surface area contributed by atoms with Crippen LogP contribution in [0.2, 0.25) is 0 Å². The Morgan fingerprint density at radius 1 is 1.18 bits per heavy atom. The van der Waals surface area contributed by atoms with E-state index >= 15 is 0 Å².